The van der Waals surface area contributed by atoms with Gasteiger partial charge in [0.2, 0.25) is 0 Å². The number of carbonyl (C=O) groups excluding carboxylic acids is 2. The quantitative estimate of drug-likeness (QED) is 0.555. The van der Waals surface area contributed by atoms with Gasteiger partial charge in [-0.15, -0.1) is 11.3 Å². The molecule has 3 aromatic rings. The average molecular weight is 348 g/mol. The van der Waals surface area contributed by atoms with Gasteiger partial charge in [0.15, 0.2) is 0 Å². The summed E-state index contributed by atoms with van der Waals surface area (Å²) in [5.41, 5.74) is 7.36. The fraction of sp³-hybridized carbons (Fsp3) is 0. The lowest BCUT2D eigenvalue weighted by Gasteiger charge is -2.06. The van der Waals surface area contributed by atoms with Crippen molar-refractivity contribution < 1.29 is 9.59 Å². The van der Waals surface area contributed by atoms with Gasteiger partial charge < -0.3 is 0 Å². The average Bonchev–Trinajstić information content (AvgIpc) is 3.19. The summed E-state index contributed by atoms with van der Waals surface area (Å²) in [6, 6.07) is 20.9. The smallest absolute Gasteiger partial charge is 0.268 e. The van der Waals surface area contributed by atoms with Crippen LogP contribution in [0.15, 0.2) is 78.2 Å². The molecular formula is C20H16N2O2S. The Bertz CT molecular complexity index is 870. The molecule has 3 rings (SSSR count). The van der Waals surface area contributed by atoms with E-state index in [1.165, 1.54) is 17.4 Å². The normalized spacial score (nSPS) is 10.6. The van der Waals surface area contributed by atoms with E-state index in [-0.39, 0.29) is 11.8 Å². The number of carbonyl (C=O) groups is 2. The Morgan fingerprint density at radius 3 is 2.20 bits per heavy atom. The van der Waals surface area contributed by atoms with Crippen LogP contribution in [0, 0.1) is 0 Å². The molecule has 124 valence electrons. The zero-order valence-electron chi connectivity index (χ0n) is 13.3. The number of hydrogen-bond donors (Lipinski definition) is 2. The number of nitrogens with one attached hydrogen (secondary N) is 2. The van der Waals surface area contributed by atoms with Crippen LogP contribution in [-0.4, -0.2) is 11.8 Å². The molecule has 2 aromatic carbocycles. The molecule has 2 N–H and O–H groups in total. The molecule has 0 spiro atoms. The summed E-state index contributed by atoms with van der Waals surface area (Å²) in [5.74, 6) is -0.750. The molecule has 0 atom stereocenters. The SMILES string of the molecule is O=C(/C=C/c1cccs1)NNC(=O)c1ccc(-c2ccccc2)cc1. The fourth-order valence-corrected chi connectivity index (χ4v) is 2.84. The third-order valence-electron chi connectivity index (χ3n) is 3.50. The minimum atomic E-state index is -0.386. The van der Waals surface area contributed by atoms with Crippen LogP contribution in [0.3, 0.4) is 0 Å². The molecular weight excluding hydrogens is 332 g/mol. The molecule has 2 amide bonds. The molecule has 0 aliphatic carbocycles. The van der Waals surface area contributed by atoms with E-state index in [4.69, 9.17) is 0 Å². The van der Waals surface area contributed by atoms with E-state index in [1.54, 1.807) is 18.2 Å². The van der Waals surface area contributed by atoms with Gasteiger partial charge in [0.25, 0.3) is 11.8 Å². The first kappa shape index (κ1) is 16.7. The minimum absolute atomic E-state index is 0.363. The molecule has 4 nitrogen and oxygen atoms in total. The molecule has 1 heterocycles. The maximum Gasteiger partial charge on any atom is 0.269 e. The molecule has 1 aromatic heterocycles. The van der Waals surface area contributed by atoms with Crippen molar-refractivity contribution in [2.45, 2.75) is 0 Å². The predicted octanol–water partition coefficient (Wildman–Crippen LogP) is 3.89. The lowest BCUT2D eigenvalue weighted by atomic mass is 10.0. The van der Waals surface area contributed by atoms with E-state index in [2.05, 4.69) is 10.9 Å². The highest BCUT2D eigenvalue weighted by Gasteiger charge is 2.06. The first-order valence-electron chi connectivity index (χ1n) is 7.70. The summed E-state index contributed by atoms with van der Waals surface area (Å²) in [6.45, 7) is 0. The fourth-order valence-electron chi connectivity index (χ4n) is 2.22. The van der Waals surface area contributed by atoms with Gasteiger partial charge in [-0.1, -0.05) is 48.5 Å². The summed E-state index contributed by atoms with van der Waals surface area (Å²) in [4.78, 5) is 24.8. The number of hydrogen-bond acceptors (Lipinski definition) is 3. The molecule has 0 aliphatic rings. The van der Waals surface area contributed by atoms with Gasteiger partial charge >= 0.3 is 0 Å². The third-order valence-corrected chi connectivity index (χ3v) is 4.33. The van der Waals surface area contributed by atoms with E-state index in [0.29, 0.717) is 5.56 Å². The summed E-state index contributed by atoms with van der Waals surface area (Å²) >= 11 is 1.53. The number of hydrazine groups is 1. The Morgan fingerprint density at radius 2 is 1.52 bits per heavy atom. The molecule has 0 saturated heterocycles. The van der Waals surface area contributed by atoms with E-state index < -0.39 is 0 Å². The zero-order valence-corrected chi connectivity index (χ0v) is 14.1. The monoisotopic (exact) mass is 348 g/mol. The Morgan fingerprint density at radius 1 is 0.800 bits per heavy atom. The van der Waals surface area contributed by atoms with Crippen molar-refractivity contribution in [2.75, 3.05) is 0 Å². The number of benzene rings is 2. The van der Waals surface area contributed by atoms with E-state index in [0.717, 1.165) is 16.0 Å². The van der Waals surface area contributed by atoms with Crippen molar-refractivity contribution in [3.8, 4) is 11.1 Å². The van der Waals surface area contributed by atoms with E-state index in [9.17, 15) is 9.59 Å². The summed E-state index contributed by atoms with van der Waals surface area (Å²) < 4.78 is 0. The molecule has 0 unspecified atom stereocenters. The maximum absolute atomic E-state index is 12.1. The van der Waals surface area contributed by atoms with E-state index in [1.807, 2.05) is 60.0 Å². The van der Waals surface area contributed by atoms with Crippen molar-refractivity contribution in [1.82, 2.24) is 10.9 Å². The van der Waals surface area contributed by atoms with Gasteiger partial charge in [0.1, 0.15) is 0 Å². The lowest BCUT2D eigenvalue weighted by molar-refractivity contribution is -0.117. The van der Waals surface area contributed by atoms with Gasteiger partial charge in [0, 0.05) is 16.5 Å². The largest absolute Gasteiger partial charge is 0.269 e. The van der Waals surface area contributed by atoms with Crippen LogP contribution < -0.4 is 10.9 Å². The van der Waals surface area contributed by atoms with Crippen molar-refractivity contribution in [3.05, 3.63) is 88.6 Å². The molecule has 0 saturated carbocycles. The molecule has 25 heavy (non-hydrogen) atoms. The first-order valence-corrected chi connectivity index (χ1v) is 8.58. The maximum atomic E-state index is 12.1. The van der Waals surface area contributed by atoms with Crippen LogP contribution in [-0.2, 0) is 4.79 Å². The minimum Gasteiger partial charge on any atom is -0.268 e. The van der Waals surface area contributed by atoms with Crippen LogP contribution in [0.5, 0.6) is 0 Å². The van der Waals surface area contributed by atoms with Gasteiger partial charge in [-0.2, -0.15) is 0 Å². The molecule has 0 bridgehead atoms. The van der Waals surface area contributed by atoms with Gasteiger partial charge in [-0.05, 0) is 40.8 Å². The third kappa shape index (κ3) is 4.65. The van der Waals surface area contributed by atoms with Crippen molar-refractivity contribution in [1.29, 1.82) is 0 Å². The molecule has 0 radical (unpaired) electrons. The summed E-state index contributed by atoms with van der Waals surface area (Å²) in [5, 5.41) is 1.93. The van der Waals surface area contributed by atoms with Crippen LogP contribution in [0.4, 0.5) is 0 Å². The highest BCUT2D eigenvalue weighted by molar-refractivity contribution is 7.10. The Labute approximate surface area is 149 Å². The topological polar surface area (TPSA) is 58.2 Å². The summed E-state index contributed by atoms with van der Waals surface area (Å²) in [7, 11) is 0. The van der Waals surface area contributed by atoms with Gasteiger partial charge in [-0.25, -0.2) is 0 Å². The predicted molar refractivity (Wildman–Crippen MR) is 101 cm³/mol. The van der Waals surface area contributed by atoms with Gasteiger partial charge in [-0.3, -0.25) is 20.4 Å². The van der Waals surface area contributed by atoms with E-state index >= 15 is 0 Å². The standard InChI is InChI=1S/C20H16N2O2S/c23-19(13-12-18-7-4-14-25-18)21-22-20(24)17-10-8-16(9-11-17)15-5-2-1-3-6-15/h1-14H,(H,21,23)(H,22,24)/b13-12+. The van der Waals surface area contributed by atoms with Crippen molar-refractivity contribution in [3.63, 3.8) is 0 Å². The zero-order chi connectivity index (χ0) is 17.5. The molecule has 5 heteroatoms. The van der Waals surface area contributed by atoms with Crippen molar-refractivity contribution in [2.24, 2.45) is 0 Å². The van der Waals surface area contributed by atoms with Crippen LogP contribution >= 0.6 is 11.3 Å². The Balaban J connectivity index is 1.55. The van der Waals surface area contributed by atoms with Gasteiger partial charge in [0.05, 0.1) is 0 Å². The molecule has 0 aliphatic heterocycles. The second-order valence-electron chi connectivity index (χ2n) is 5.24. The second-order valence-corrected chi connectivity index (χ2v) is 6.21. The van der Waals surface area contributed by atoms with Crippen LogP contribution in [0.1, 0.15) is 15.2 Å². The number of amides is 2. The first-order chi connectivity index (χ1) is 12.2. The Kier molecular flexibility index (Phi) is 5.39. The number of rotatable bonds is 4. The van der Waals surface area contributed by atoms with Crippen LogP contribution in [0.25, 0.3) is 17.2 Å². The summed E-state index contributed by atoms with van der Waals surface area (Å²) in [6.07, 6.45) is 3.07. The number of thiophene rings is 1. The highest BCUT2D eigenvalue weighted by atomic mass is 32.1. The highest BCUT2D eigenvalue weighted by Crippen LogP contribution is 2.19. The van der Waals surface area contributed by atoms with Crippen LogP contribution in [0.2, 0.25) is 0 Å². The lowest BCUT2D eigenvalue weighted by Crippen LogP contribution is -2.40. The van der Waals surface area contributed by atoms with Crippen molar-refractivity contribution >= 4 is 29.2 Å². The molecule has 0 fully saturated rings. The Hall–Kier alpha value is -3.18. The second kappa shape index (κ2) is 8.08.